The van der Waals surface area contributed by atoms with Gasteiger partial charge in [-0.05, 0) is 27.3 Å². The van der Waals surface area contributed by atoms with Gasteiger partial charge in [0.25, 0.3) is 6.71 Å². The van der Waals surface area contributed by atoms with Crippen LogP contribution in [-0.2, 0) is 0 Å². The zero-order valence-electron chi connectivity index (χ0n) is 41.5. The van der Waals surface area contributed by atoms with Crippen LogP contribution >= 0.6 is 11.3 Å². The van der Waals surface area contributed by atoms with Crippen molar-refractivity contribution in [3.05, 3.63) is 0 Å². The topological polar surface area (TPSA) is 504 Å². The number of benzene rings is 8. The van der Waals surface area contributed by atoms with E-state index in [1.165, 1.54) is 39.2 Å². The summed E-state index contributed by atoms with van der Waals surface area (Å²) in [6.07, 6.45) is 0. The molecular formula is C48H34B6O26S. The number of ether oxygens (including phenoxy) is 2. The highest BCUT2D eigenvalue weighted by atomic mass is 32.1. The van der Waals surface area contributed by atoms with Crippen molar-refractivity contribution in [2.24, 2.45) is 0 Å². The van der Waals surface area contributed by atoms with Gasteiger partial charge in [0.2, 0.25) is 23.0 Å². The Morgan fingerprint density at radius 2 is 0.531 bits per heavy atom. The summed E-state index contributed by atoms with van der Waals surface area (Å²) >= 11 is 0.387. The second-order valence-corrected chi connectivity index (χ2v) is 20.2. The highest BCUT2D eigenvalue weighted by Gasteiger charge is 2.50. The quantitative estimate of drug-likeness (QED) is 0.0450. The van der Waals surface area contributed by atoms with Crippen LogP contribution in [-0.4, -0.2) is 169 Å². The number of phenolic OH excluding ortho intramolecular Hbond substituents is 24. The lowest BCUT2D eigenvalue weighted by atomic mass is 9.32. The Morgan fingerprint density at radius 3 is 0.988 bits per heavy atom. The Bertz CT molecular complexity index is 4360. The number of phenols is 24. The van der Waals surface area contributed by atoms with Crippen molar-refractivity contribution in [2.75, 3.05) is 0 Å². The van der Waals surface area contributed by atoms with Gasteiger partial charge in [0.05, 0.1) is 43.6 Å². The molecule has 24 N–H and O–H groups in total. The third kappa shape index (κ3) is 6.16. The molecule has 26 nitrogen and oxygen atoms in total. The number of hydrogen-bond acceptors (Lipinski definition) is 27. The van der Waals surface area contributed by atoms with Gasteiger partial charge in [-0.25, -0.2) is 0 Å². The van der Waals surface area contributed by atoms with Crippen LogP contribution in [0.3, 0.4) is 0 Å². The summed E-state index contributed by atoms with van der Waals surface area (Å²) in [5, 5.41) is 272. The van der Waals surface area contributed by atoms with Crippen molar-refractivity contribution in [3.63, 3.8) is 0 Å². The maximum absolute atomic E-state index is 12.2. The first-order valence-corrected chi connectivity index (χ1v) is 24.0. The number of thiophene rings is 1. The molecule has 33 heteroatoms. The van der Waals surface area contributed by atoms with Crippen LogP contribution < -0.4 is 53.2 Å². The molecule has 0 fully saturated rings. The van der Waals surface area contributed by atoms with Crippen LogP contribution in [0.25, 0.3) is 64.7 Å². The standard InChI is InChI=1S/C48H34B6O26S/c49-11-1(47-2(12(50)33(11)69)9-29(65)39(75)30(66)10(48(9)81-47)8-25(61)21(57)4(22(58)26(8)62)5-27(63)40(76)42(78)41(77)28(5)64)3-19(55)23(59)6(24(60)20(3)56)7-31(67)45-18-46(32(7)68)80-44-17(38(74)35(71)15(53)37(44)73)54(18)16-13(51)34(70)14(52)36(72)43(16)79-45/h55-78H,49-53H2. The molecule has 1 aromatic heterocycles. The smallest absolute Gasteiger partial charge is 0.265 e. The lowest BCUT2D eigenvalue weighted by molar-refractivity contribution is 0.329. The molecule has 2 aliphatic heterocycles. The summed E-state index contributed by atoms with van der Waals surface area (Å²) in [6.45, 7) is -1.61. The number of aromatic hydroxyl groups is 24. The van der Waals surface area contributed by atoms with Crippen LogP contribution in [0.1, 0.15) is 0 Å². The Kier molecular flexibility index (Phi) is 10.7. The maximum Gasteiger partial charge on any atom is 0.265 e. The molecule has 2 aliphatic rings. The summed E-state index contributed by atoms with van der Waals surface area (Å²) in [7, 11) is 6.28. The molecule has 406 valence electrons. The highest BCUT2D eigenvalue weighted by molar-refractivity contribution is 7.27. The largest absolute Gasteiger partial charge is 0.509 e. The molecular weight excluding hydrogens is 1090 g/mol. The van der Waals surface area contributed by atoms with E-state index >= 15 is 0 Å². The van der Waals surface area contributed by atoms with Crippen LogP contribution in [0.2, 0.25) is 0 Å². The summed E-state index contributed by atoms with van der Waals surface area (Å²) < 4.78 is 11.2. The molecule has 0 saturated carbocycles. The molecule has 11 rings (SSSR count). The highest BCUT2D eigenvalue weighted by Crippen LogP contribution is 2.67. The van der Waals surface area contributed by atoms with Crippen LogP contribution in [0.15, 0.2) is 0 Å². The molecule has 0 aliphatic carbocycles. The molecule has 8 aromatic carbocycles. The molecule has 81 heavy (non-hydrogen) atoms. The first kappa shape index (κ1) is 52.2. The van der Waals surface area contributed by atoms with E-state index in [4.69, 9.17) is 9.47 Å². The number of rotatable bonds is 4. The van der Waals surface area contributed by atoms with Crippen molar-refractivity contribution in [2.45, 2.75) is 0 Å². The zero-order valence-corrected chi connectivity index (χ0v) is 42.4. The number of fused-ring (bicyclic) bond motifs is 7. The molecule has 0 amide bonds. The molecule has 0 unspecified atom stereocenters. The third-order valence-corrected chi connectivity index (χ3v) is 16.4. The second-order valence-electron chi connectivity index (χ2n) is 19.2. The van der Waals surface area contributed by atoms with E-state index in [1.807, 2.05) is 0 Å². The SMILES string of the molecule is Bc1c(O)c(B)c2c(c1O)Oc1c(O)c(-c3c(O)c(O)c(-c4c(B)c(O)c(B)c5c4sc4c(-c6c(O)c(O)c(-c7c(O)c(O)c(O)c(O)c7O)c(O)c6O)c(O)c(O)c(O)c45)c(O)c3O)c(O)c3c1B2c1c(O)c(O)c(B)c(O)c1O3. The first-order chi connectivity index (χ1) is 37.9. The van der Waals surface area contributed by atoms with Crippen molar-refractivity contribution in [3.8, 4) is 205 Å². The molecule has 0 saturated heterocycles. The van der Waals surface area contributed by atoms with Gasteiger partial charge in [0.1, 0.15) is 50.7 Å². The fraction of sp³-hybridized carbons (Fsp3) is 0. The summed E-state index contributed by atoms with van der Waals surface area (Å²) in [5.74, 6) is -33.3. The predicted molar refractivity (Wildman–Crippen MR) is 300 cm³/mol. The van der Waals surface area contributed by atoms with E-state index in [0.29, 0.717) is 11.3 Å². The van der Waals surface area contributed by atoms with Gasteiger partial charge >= 0.3 is 0 Å². The van der Waals surface area contributed by atoms with Gasteiger partial charge in [-0.1, -0.05) is 0 Å². The van der Waals surface area contributed by atoms with E-state index in [1.54, 1.807) is 0 Å². The molecule has 3 heterocycles. The van der Waals surface area contributed by atoms with Crippen molar-refractivity contribution >= 4 is 121 Å². The average molecular weight is 1120 g/mol. The Morgan fingerprint density at radius 1 is 0.222 bits per heavy atom. The average Bonchev–Trinajstić information content (AvgIpc) is 4.08. The molecule has 0 atom stereocenters. The van der Waals surface area contributed by atoms with Crippen molar-refractivity contribution in [1.29, 1.82) is 0 Å². The normalized spacial score (nSPS) is 12.3. The van der Waals surface area contributed by atoms with Gasteiger partial charge < -0.3 is 132 Å². The van der Waals surface area contributed by atoms with Gasteiger partial charge in [-0.15, -0.1) is 11.3 Å². The summed E-state index contributed by atoms with van der Waals surface area (Å²) in [5.41, 5.74) is -10.5. The summed E-state index contributed by atoms with van der Waals surface area (Å²) in [6, 6.07) is 0. The van der Waals surface area contributed by atoms with Crippen molar-refractivity contribution in [1.82, 2.24) is 0 Å². The Balaban J connectivity index is 1.18. The molecule has 0 radical (unpaired) electrons. The molecule has 9 aromatic rings. The van der Waals surface area contributed by atoms with Gasteiger partial charge in [-0.2, -0.15) is 0 Å². The second kappa shape index (κ2) is 16.6. The predicted octanol–water partition coefficient (Wildman–Crippen LogP) is -4.32. The van der Waals surface area contributed by atoms with Gasteiger partial charge in [0, 0.05) is 37.4 Å². The molecule has 0 spiro atoms. The lowest BCUT2D eigenvalue weighted by Gasteiger charge is -2.36. The number of hydrogen-bond donors (Lipinski definition) is 24. The van der Waals surface area contributed by atoms with Crippen LogP contribution in [0.5, 0.6) is 161 Å². The van der Waals surface area contributed by atoms with Gasteiger partial charge in [-0.3, -0.25) is 0 Å². The lowest BCUT2D eigenvalue weighted by Crippen LogP contribution is -2.62. The summed E-state index contributed by atoms with van der Waals surface area (Å²) in [4.78, 5) is 0. The third-order valence-electron chi connectivity index (χ3n) is 15.2. The zero-order chi connectivity index (χ0) is 59.4. The van der Waals surface area contributed by atoms with Gasteiger partial charge in [0.15, 0.2) is 126 Å². The maximum atomic E-state index is 12.2. The van der Waals surface area contributed by atoms with Crippen LogP contribution in [0, 0.1) is 0 Å². The van der Waals surface area contributed by atoms with E-state index < -0.39 is 233 Å². The monoisotopic (exact) mass is 1120 g/mol. The first-order valence-electron chi connectivity index (χ1n) is 23.2. The van der Waals surface area contributed by atoms with Crippen molar-refractivity contribution < 1.29 is 132 Å². The minimum atomic E-state index is -1.61. The van der Waals surface area contributed by atoms with Crippen LogP contribution in [0.4, 0.5) is 0 Å². The fourth-order valence-electron chi connectivity index (χ4n) is 11.0. The van der Waals surface area contributed by atoms with E-state index in [0.717, 1.165) is 0 Å². The van der Waals surface area contributed by atoms with E-state index in [-0.39, 0.29) is 42.9 Å². The minimum absolute atomic E-state index is 0.00729. The van der Waals surface area contributed by atoms with E-state index in [2.05, 4.69) is 0 Å². The Labute approximate surface area is 457 Å². The fourth-order valence-corrected chi connectivity index (χ4v) is 12.5. The minimum Gasteiger partial charge on any atom is -0.509 e. The molecule has 0 bridgehead atoms. The van der Waals surface area contributed by atoms with E-state index in [9.17, 15) is 123 Å². The Hall–Kier alpha value is -10.8.